The smallest absolute Gasteiger partial charge is 0.239 e. The molecule has 0 unspecified atom stereocenters. The minimum Gasteiger partial charge on any atom is -0.315 e. The highest BCUT2D eigenvalue weighted by Gasteiger charge is 2.21. The second-order valence-electron chi connectivity index (χ2n) is 6.14. The van der Waals surface area contributed by atoms with Crippen LogP contribution in [-0.4, -0.2) is 22.3 Å². The molecule has 3 rings (SSSR count). The first kappa shape index (κ1) is 18.8. The molecule has 1 N–H and O–H groups in total. The van der Waals surface area contributed by atoms with Crippen molar-refractivity contribution in [3.63, 3.8) is 0 Å². The maximum absolute atomic E-state index is 12.6. The Morgan fingerprint density at radius 1 is 1.22 bits per heavy atom. The van der Waals surface area contributed by atoms with E-state index in [1.807, 2.05) is 55.5 Å². The van der Waals surface area contributed by atoms with Crippen molar-refractivity contribution in [1.82, 2.24) is 9.88 Å². The number of rotatable bonds is 7. The van der Waals surface area contributed by atoms with E-state index in [2.05, 4.69) is 21.3 Å². The van der Waals surface area contributed by atoms with Gasteiger partial charge in [0.05, 0.1) is 23.8 Å². The van der Waals surface area contributed by atoms with Gasteiger partial charge < -0.3 is 5.32 Å². The van der Waals surface area contributed by atoms with Crippen molar-refractivity contribution in [3.05, 3.63) is 83.0 Å². The van der Waals surface area contributed by atoms with Crippen LogP contribution in [0.3, 0.4) is 0 Å². The molecule has 3 aromatic rings. The molecule has 0 aliphatic heterocycles. The molecule has 136 valence electrons. The number of benzene rings is 1. The van der Waals surface area contributed by atoms with Gasteiger partial charge in [0.2, 0.25) is 5.91 Å². The predicted octanol–water partition coefficient (Wildman–Crippen LogP) is 4.22. The predicted molar refractivity (Wildman–Crippen MR) is 107 cm³/mol. The van der Waals surface area contributed by atoms with Crippen LogP contribution in [0.1, 0.15) is 29.8 Å². The fourth-order valence-electron chi connectivity index (χ4n) is 2.80. The number of amides is 1. The quantitative estimate of drug-likeness (QED) is 0.670. The Morgan fingerprint density at radius 3 is 2.70 bits per heavy atom. The number of aromatic nitrogens is 1. The van der Waals surface area contributed by atoms with Gasteiger partial charge in [-0.3, -0.25) is 14.7 Å². The summed E-state index contributed by atoms with van der Waals surface area (Å²) < 4.78 is 0. The normalized spacial score (nSPS) is 11.7. The Balaban J connectivity index is 1.76. The number of nitrogens with one attached hydrogen (secondary N) is 1. The lowest BCUT2D eigenvalue weighted by molar-refractivity contribution is -0.118. The molecule has 27 heavy (non-hydrogen) atoms. The van der Waals surface area contributed by atoms with Crippen LogP contribution in [0.15, 0.2) is 66.2 Å². The number of hydrogen-bond acceptors (Lipinski definition) is 5. The molecule has 6 heteroatoms. The van der Waals surface area contributed by atoms with Crippen molar-refractivity contribution in [2.24, 2.45) is 0 Å². The first-order valence-corrected chi connectivity index (χ1v) is 9.51. The van der Waals surface area contributed by atoms with E-state index in [0.29, 0.717) is 17.1 Å². The van der Waals surface area contributed by atoms with Gasteiger partial charge in [-0.25, -0.2) is 0 Å². The third kappa shape index (κ3) is 5.00. The number of hydrogen-bond donors (Lipinski definition) is 1. The lowest BCUT2D eigenvalue weighted by Gasteiger charge is -2.28. The largest absolute Gasteiger partial charge is 0.315 e. The van der Waals surface area contributed by atoms with Gasteiger partial charge in [-0.1, -0.05) is 36.4 Å². The Hall–Kier alpha value is -3.01. The lowest BCUT2D eigenvalue weighted by Crippen LogP contribution is -2.35. The molecule has 0 spiro atoms. The fraction of sp³-hybridized carbons (Fsp3) is 0.190. The number of thiophene rings is 1. The standard InChI is InChI=1S/C21H20N4OS/c1-16(19-9-5-6-11-23-19)25(14-17-7-3-2-4-8-17)15-20(26)24-21-18(13-22)10-12-27-21/h2-12,16H,14-15H2,1H3,(H,24,26)/t16-/m0/s1. The topological polar surface area (TPSA) is 69.0 Å². The number of nitriles is 1. The Bertz CT molecular complexity index is 918. The highest BCUT2D eigenvalue weighted by molar-refractivity contribution is 7.14. The molecule has 1 atom stereocenters. The first-order chi connectivity index (χ1) is 13.2. The van der Waals surface area contributed by atoms with Crippen molar-refractivity contribution in [2.45, 2.75) is 19.5 Å². The summed E-state index contributed by atoms with van der Waals surface area (Å²) in [6.45, 7) is 2.88. The van der Waals surface area contributed by atoms with Gasteiger partial charge >= 0.3 is 0 Å². The molecule has 0 aliphatic carbocycles. The van der Waals surface area contributed by atoms with E-state index in [0.717, 1.165) is 11.3 Å². The minimum atomic E-state index is -0.146. The Labute approximate surface area is 162 Å². The summed E-state index contributed by atoms with van der Waals surface area (Å²) in [5.41, 5.74) is 2.53. The van der Waals surface area contributed by atoms with E-state index in [1.165, 1.54) is 11.3 Å². The molecule has 2 aromatic heterocycles. The van der Waals surface area contributed by atoms with Crippen LogP contribution in [0.25, 0.3) is 0 Å². The molecule has 0 fully saturated rings. The highest BCUT2D eigenvalue weighted by atomic mass is 32.1. The maximum Gasteiger partial charge on any atom is 0.239 e. The van der Waals surface area contributed by atoms with Gasteiger partial charge in [-0.2, -0.15) is 5.26 Å². The SMILES string of the molecule is C[C@@H](c1ccccn1)N(CC(=O)Nc1sccc1C#N)Cc1ccccc1. The van der Waals surface area contributed by atoms with Crippen molar-refractivity contribution >= 4 is 22.2 Å². The Kier molecular flexibility index (Phi) is 6.31. The minimum absolute atomic E-state index is 0.0315. The molecule has 0 aliphatic rings. The fourth-order valence-corrected chi connectivity index (χ4v) is 3.56. The zero-order valence-corrected chi connectivity index (χ0v) is 15.8. The van der Waals surface area contributed by atoms with Gasteiger partial charge in [-0.15, -0.1) is 11.3 Å². The molecule has 5 nitrogen and oxygen atoms in total. The van der Waals surface area contributed by atoms with Gasteiger partial charge in [0, 0.05) is 12.7 Å². The molecule has 0 radical (unpaired) electrons. The summed E-state index contributed by atoms with van der Waals surface area (Å²) >= 11 is 1.35. The second-order valence-corrected chi connectivity index (χ2v) is 7.06. The molecule has 2 heterocycles. The van der Waals surface area contributed by atoms with Gasteiger partial charge in [0.25, 0.3) is 0 Å². The van der Waals surface area contributed by atoms with Crippen molar-refractivity contribution in [1.29, 1.82) is 5.26 Å². The van der Waals surface area contributed by atoms with Crippen LogP contribution in [0.4, 0.5) is 5.00 Å². The van der Waals surface area contributed by atoms with Crippen LogP contribution < -0.4 is 5.32 Å². The lowest BCUT2D eigenvalue weighted by atomic mass is 10.1. The molecule has 1 amide bonds. The summed E-state index contributed by atoms with van der Waals surface area (Å²) in [7, 11) is 0. The summed E-state index contributed by atoms with van der Waals surface area (Å²) in [5.74, 6) is -0.146. The van der Waals surface area contributed by atoms with Gasteiger partial charge in [0.15, 0.2) is 0 Å². The Morgan fingerprint density at radius 2 is 2.00 bits per heavy atom. The molecule has 0 saturated heterocycles. The van der Waals surface area contributed by atoms with E-state index in [-0.39, 0.29) is 18.5 Å². The van der Waals surface area contributed by atoms with E-state index in [9.17, 15) is 4.79 Å². The van der Waals surface area contributed by atoms with Crippen LogP contribution >= 0.6 is 11.3 Å². The molecular weight excluding hydrogens is 356 g/mol. The highest BCUT2D eigenvalue weighted by Crippen LogP contribution is 2.24. The number of carbonyl (C=O) groups is 1. The van der Waals surface area contributed by atoms with E-state index >= 15 is 0 Å². The van der Waals surface area contributed by atoms with Crippen LogP contribution in [-0.2, 0) is 11.3 Å². The van der Waals surface area contributed by atoms with Crippen molar-refractivity contribution < 1.29 is 4.79 Å². The molecule has 0 saturated carbocycles. The summed E-state index contributed by atoms with van der Waals surface area (Å²) in [4.78, 5) is 19.2. The zero-order valence-electron chi connectivity index (χ0n) is 15.0. The zero-order chi connectivity index (χ0) is 19.1. The summed E-state index contributed by atoms with van der Waals surface area (Å²) in [6.07, 6.45) is 1.76. The van der Waals surface area contributed by atoms with Crippen LogP contribution in [0.2, 0.25) is 0 Å². The summed E-state index contributed by atoms with van der Waals surface area (Å²) in [6, 6.07) is 19.6. The first-order valence-electron chi connectivity index (χ1n) is 8.63. The number of carbonyl (C=O) groups excluding carboxylic acids is 1. The monoisotopic (exact) mass is 376 g/mol. The third-order valence-electron chi connectivity index (χ3n) is 4.28. The van der Waals surface area contributed by atoms with E-state index in [1.54, 1.807) is 17.6 Å². The number of pyridine rings is 1. The molecular formula is C21H20N4OS. The van der Waals surface area contributed by atoms with Crippen molar-refractivity contribution in [3.8, 4) is 6.07 Å². The molecule has 1 aromatic carbocycles. The molecule has 0 bridgehead atoms. The van der Waals surface area contributed by atoms with E-state index < -0.39 is 0 Å². The third-order valence-corrected chi connectivity index (χ3v) is 5.11. The number of nitrogens with zero attached hydrogens (tertiary/aromatic N) is 3. The van der Waals surface area contributed by atoms with Gasteiger partial charge in [-0.05, 0) is 36.1 Å². The van der Waals surface area contributed by atoms with Crippen molar-refractivity contribution in [2.75, 3.05) is 11.9 Å². The van der Waals surface area contributed by atoms with Crippen LogP contribution in [0, 0.1) is 11.3 Å². The second kappa shape index (κ2) is 9.08. The number of anilines is 1. The summed E-state index contributed by atoms with van der Waals surface area (Å²) in [5, 5.41) is 14.4. The van der Waals surface area contributed by atoms with E-state index in [4.69, 9.17) is 5.26 Å². The maximum atomic E-state index is 12.6. The average Bonchev–Trinajstić information content (AvgIpc) is 3.15. The average molecular weight is 376 g/mol. The van der Waals surface area contributed by atoms with Gasteiger partial charge in [0.1, 0.15) is 11.1 Å². The van der Waals surface area contributed by atoms with Crippen LogP contribution in [0.5, 0.6) is 0 Å².